The smallest absolute Gasteiger partial charge is 0.127 e. The highest BCUT2D eigenvalue weighted by atomic mass is 79.9. The van der Waals surface area contributed by atoms with Crippen LogP contribution in [0.4, 0.5) is 0 Å². The number of nitrogens with zero attached hydrogens (tertiary/aromatic N) is 2. The first-order chi connectivity index (χ1) is 7.08. The molecule has 84 valence electrons. The maximum Gasteiger partial charge on any atom is 0.127 e. The Hall–Kier alpha value is -0.350. The summed E-state index contributed by atoms with van der Waals surface area (Å²) in [6.45, 7) is 5.08. The lowest BCUT2D eigenvalue weighted by atomic mass is 10.1. The van der Waals surface area contributed by atoms with Gasteiger partial charge in [0.25, 0.3) is 0 Å². The second kappa shape index (κ2) is 4.26. The minimum Gasteiger partial charge on any atom is -0.391 e. The lowest BCUT2D eigenvalue weighted by Gasteiger charge is -2.22. The van der Waals surface area contributed by atoms with E-state index in [9.17, 15) is 5.11 Å². The molecule has 1 aliphatic heterocycles. The summed E-state index contributed by atoms with van der Waals surface area (Å²) in [5.74, 6) is 1.70. The third-order valence-electron chi connectivity index (χ3n) is 2.80. The third-order valence-corrected chi connectivity index (χ3v) is 3.44. The van der Waals surface area contributed by atoms with Gasteiger partial charge in [0, 0.05) is 6.42 Å². The molecule has 0 bridgehead atoms. The van der Waals surface area contributed by atoms with Gasteiger partial charge >= 0.3 is 0 Å². The van der Waals surface area contributed by atoms with Gasteiger partial charge < -0.3 is 9.67 Å². The Morgan fingerprint density at radius 2 is 2.33 bits per heavy atom. The van der Waals surface area contributed by atoms with Gasteiger partial charge in [-0.25, -0.2) is 4.98 Å². The van der Waals surface area contributed by atoms with Gasteiger partial charge in [-0.3, -0.25) is 0 Å². The molecular formula is C11H17BrN2O. The Bertz CT molecular complexity index is 360. The molecule has 1 N–H and O–H groups in total. The Labute approximate surface area is 98.6 Å². The molecule has 4 heteroatoms. The fourth-order valence-corrected chi connectivity index (χ4v) is 2.70. The van der Waals surface area contributed by atoms with E-state index in [2.05, 4.69) is 39.3 Å². The zero-order valence-electron chi connectivity index (χ0n) is 9.20. The summed E-state index contributed by atoms with van der Waals surface area (Å²) in [7, 11) is 0. The van der Waals surface area contributed by atoms with E-state index in [4.69, 9.17) is 0 Å². The van der Waals surface area contributed by atoms with E-state index in [1.54, 1.807) is 0 Å². The van der Waals surface area contributed by atoms with Crippen LogP contribution in [0.15, 0.2) is 4.60 Å². The number of halogens is 1. The standard InChI is InChI=1S/C11H17BrN2O/c1-7(2)5-10-13-11(12)9-4-3-8(15)6-14(9)10/h7-8,15H,3-6H2,1-2H3. The maximum absolute atomic E-state index is 9.66. The van der Waals surface area contributed by atoms with E-state index >= 15 is 0 Å². The van der Waals surface area contributed by atoms with Crippen molar-refractivity contribution in [2.75, 3.05) is 0 Å². The number of imidazole rings is 1. The van der Waals surface area contributed by atoms with Crippen LogP contribution in [0.5, 0.6) is 0 Å². The normalized spacial score (nSPS) is 20.7. The molecule has 0 spiro atoms. The van der Waals surface area contributed by atoms with Crippen LogP contribution in [-0.4, -0.2) is 20.8 Å². The van der Waals surface area contributed by atoms with Crippen molar-refractivity contribution in [2.45, 2.75) is 45.8 Å². The molecule has 1 aromatic heterocycles. The number of aliphatic hydroxyl groups excluding tert-OH is 1. The summed E-state index contributed by atoms with van der Waals surface area (Å²) in [5.41, 5.74) is 1.25. The highest BCUT2D eigenvalue weighted by Gasteiger charge is 2.23. The van der Waals surface area contributed by atoms with Crippen molar-refractivity contribution >= 4 is 15.9 Å². The first kappa shape index (κ1) is 11.1. The minimum atomic E-state index is -0.204. The lowest BCUT2D eigenvalue weighted by Crippen LogP contribution is -2.25. The molecule has 0 fully saturated rings. The molecule has 2 rings (SSSR count). The van der Waals surface area contributed by atoms with Gasteiger partial charge in [0.2, 0.25) is 0 Å². The molecule has 15 heavy (non-hydrogen) atoms. The summed E-state index contributed by atoms with van der Waals surface area (Å²) in [4.78, 5) is 4.54. The minimum absolute atomic E-state index is 0.204. The Morgan fingerprint density at radius 1 is 1.60 bits per heavy atom. The lowest BCUT2D eigenvalue weighted by molar-refractivity contribution is 0.129. The Kier molecular flexibility index (Phi) is 3.16. The Balaban J connectivity index is 2.32. The van der Waals surface area contributed by atoms with Crippen LogP contribution in [0, 0.1) is 5.92 Å². The summed E-state index contributed by atoms with van der Waals surface area (Å²) < 4.78 is 3.14. The van der Waals surface area contributed by atoms with E-state index in [-0.39, 0.29) is 6.10 Å². The van der Waals surface area contributed by atoms with Crippen molar-refractivity contribution in [1.29, 1.82) is 0 Å². The summed E-state index contributed by atoms with van der Waals surface area (Å²) in [6.07, 6.45) is 2.55. The summed E-state index contributed by atoms with van der Waals surface area (Å²) in [5, 5.41) is 9.66. The third kappa shape index (κ3) is 2.26. The number of aromatic nitrogens is 2. The van der Waals surface area contributed by atoms with Crippen molar-refractivity contribution in [3.63, 3.8) is 0 Å². The van der Waals surface area contributed by atoms with Crippen LogP contribution in [0.25, 0.3) is 0 Å². The molecule has 0 radical (unpaired) electrons. The first-order valence-corrected chi connectivity index (χ1v) is 6.29. The second-order valence-electron chi connectivity index (χ2n) is 4.67. The van der Waals surface area contributed by atoms with Gasteiger partial charge in [0.05, 0.1) is 18.3 Å². The molecule has 0 saturated heterocycles. The molecule has 1 aromatic rings. The zero-order chi connectivity index (χ0) is 11.0. The SMILES string of the molecule is CC(C)Cc1nc(Br)c2n1CC(O)CC2. The van der Waals surface area contributed by atoms with Crippen LogP contribution >= 0.6 is 15.9 Å². The van der Waals surface area contributed by atoms with Gasteiger partial charge in [-0.15, -0.1) is 0 Å². The van der Waals surface area contributed by atoms with Crippen LogP contribution in [0.3, 0.4) is 0 Å². The zero-order valence-corrected chi connectivity index (χ0v) is 10.8. The summed E-state index contributed by atoms with van der Waals surface area (Å²) in [6, 6.07) is 0. The molecule has 0 amide bonds. The van der Waals surface area contributed by atoms with Crippen LogP contribution in [0.2, 0.25) is 0 Å². The molecule has 1 aliphatic rings. The molecule has 1 atom stereocenters. The fourth-order valence-electron chi connectivity index (χ4n) is 2.09. The van der Waals surface area contributed by atoms with Gasteiger partial charge in [-0.2, -0.15) is 0 Å². The van der Waals surface area contributed by atoms with E-state index in [1.807, 2.05) is 0 Å². The second-order valence-corrected chi connectivity index (χ2v) is 5.42. The van der Waals surface area contributed by atoms with Crippen LogP contribution in [-0.2, 0) is 19.4 Å². The maximum atomic E-state index is 9.66. The van der Waals surface area contributed by atoms with Crippen molar-refractivity contribution in [3.8, 4) is 0 Å². The number of fused-ring (bicyclic) bond motifs is 1. The topological polar surface area (TPSA) is 38.0 Å². The van der Waals surface area contributed by atoms with E-state index < -0.39 is 0 Å². The first-order valence-electron chi connectivity index (χ1n) is 5.49. The predicted octanol–water partition coefficient (Wildman–Crippen LogP) is 2.15. The molecular weight excluding hydrogens is 256 g/mol. The van der Waals surface area contributed by atoms with Crippen LogP contribution < -0.4 is 0 Å². The van der Waals surface area contributed by atoms with Gasteiger partial charge in [-0.1, -0.05) is 13.8 Å². The largest absolute Gasteiger partial charge is 0.391 e. The van der Waals surface area contributed by atoms with Gasteiger partial charge in [-0.05, 0) is 34.7 Å². The average molecular weight is 273 g/mol. The fraction of sp³-hybridized carbons (Fsp3) is 0.727. The summed E-state index contributed by atoms with van der Waals surface area (Å²) >= 11 is 3.50. The highest BCUT2D eigenvalue weighted by molar-refractivity contribution is 9.10. The van der Waals surface area contributed by atoms with E-state index in [0.717, 1.165) is 29.7 Å². The predicted molar refractivity (Wildman–Crippen MR) is 62.8 cm³/mol. The monoisotopic (exact) mass is 272 g/mol. The quantitative estimate of drug-likeness (QED) is 0.896. The molecule has 0 saturated carbocycles. The van der Waals surface area contributed by atoms with Gasteiger partial charge in [0.15, 0.2) is 0 Å². The van der Waals surface area contributed by atoms with Crippen molar-refractivity contribution in [1.82, 2.24) is 9.55 Å². The number of rotatable bonds is 2. The highest BCUT2D eigenvalue weighted by Crippen LogP contribution is 2.26. The van der Waals surface area contributed by atoms with Crippen molar-refractivity contribution in [3.05, 3.63) is 16.1 Å². The van der Waals surface area contributed by atoms with E-state index in [1.165, 1.54) is 5.69 Å². The number of hydrogen-bond donors (Lipinski definition) is 1. The van der Waals surface area contributed by atoms with Crippen LogP contribution in [0.1, 0.15) is 31.8 Å². The van der Waals surface area contributed by atoms with E-state index in [0.29, 0.717) is 12.5 Å². The molecule has 1 unspecified atom stereocenters. The number of aliphatic hydroxyl groups is 1. The molecule has 3 nitrogen and oxygen atoms in total. The van der Waals surface area contributed by atoms with Gasteiger partial charge in [0.1, 0.15) is 10.4 Å². The number of hydrogen-bond acceptors (Lipinski definition) is 2. The molecule has 2 heterocycles. The van der Waals surface area contributed by atoms with Crippen molar-refractivity contribution in [2.24, 2.45) is 5.92 Å². The Morgan fingerprint density at radius 3 is 3.00 bits per heavy atom. The molecule has 0 aromatic carbocycles. The average Bonchev–Trinajstić information content (AvgIpc) is 2.42. The molecule has 0 aliphatic carbocycles. The van der Waals surface area contributed by atoms with Crippen molar-refractivity contribution < 1.29 is 5.11 Å².